The lowest BCUT2D eigenvalue weighted by atomic mass is 9.83. The molecule has 0 spiro atoms. The number of fused-ring (bicyclic) bond motifs is 1. The molecule has 2 fully saturated rings. The van der Waals surface area contributed by atoms with Crippen LogP contribution in [0.1, 0.15) is 62.7 Å². The van der Waals surface area contributed by atoms with Crippen LogP contribution < -0.4 is 5.32 Å². The third kappa shape index (κ3) is 5.26. The molecule has 1 aliphatic heterocycles. The van der Waals surface area contributed by atoms with Gasteiger partial charge in [-0.15, -0.1) is 0 Å². The summed E-state index contributed by atoms with van der Waals surface area (Å²) in [5.41, 5.74) is 1.50. The maximum Gasteiger partial charge on any atom is 0.253 e. The smallest absolute Gasteiger partial charge is 0.253 e. The van der Waals surface area contributed by atoms with Crippen molar-refractivity contribution < 1.29 is 14.4 Å². The molecule has 0 unspecified atom stereocenters. The molecular weight excluding hydrogens is 430 g/mol. The number of nitrogens with zero attached hydrogens (tertiary/aromatic N) is 4. The van der Waals surface area contributed by atoms with Gasteiger partial charge in [0.2, 0.25) is 11.8 Å². The summed E-state index contributed by atoms with van der Waals surface area (Å²) in [5, 5.41) is 8.40. The molecular formula is C26H37N5O3. The highest BCUT2D eigenvalue weighted by molar-refractivity contribution is 5.98. The van der Waals surface area contributed by atoms with Gasteiger partial charge in [0.15, 0.2) is 0 Å². The minimum Gasteiger partial charge on any atom is -0.344 e. The number of aryl methyl sites for hydroxylation is 1. The number of hydrogen-bond acceptors (Lipinski definition) is 4. The van der Waals surface area contributed by atoms with Crippen LogP contribution in [0.2, 0.25) is 0 Å². The summed E-state index contributed by atoms with van der Waals surface area (Å²) in [6.07, 6.45) is 8.03. The Morgan fingerprint density at radius 3 is 2.41 bits per heavy atom. The number of aromatic nitrogens is 2. The van der Waals surface area contributed by atoms with E-state index in [9.17, 15) is 14.4 Å². The van der Waals surface area contributed by atoms with Gasteiger partial charge < -0.3 is 15.1 Å². The monoisotopic (exact) mass is 467 g/mol. The average molecular weight is 468 g/mol. The third-order valence-corrected chi connectivity index (χ3v) is 7.49. The van der Waals surface area contributed by atoms with Crippen molar-refractivity contribution in [2.45, 2.75) is 58.4 Å². The largest absolute Gasteiger partial charge is 0.344 e. The van der Waals surface area contributed by atoms with E-state index >= 15 is 0 Å². The van der Waals surface area contributed by atoms with Crippen LogP contribution in [0.5, 0.6) is 0 Å². The predicted molar refractivity (Wildman–Crippen MR) is 131 cm³/mol. The maximum atomic E-state index is 13.5. The molecule has 4 rings (SSSR count). The summed E-state index contributed by atoms with van der Waals surface area (Å²) in [6.45, 7) is 5.86. The number of amides is 3. The Morgan fingerprint density at radius 1 is 1.06 bits per heavy atom. The van der Waals surface area contributed by atoms with Crippen molar-refractivity contribution in [1.29, 1.82) is 0 Å². The second kappa shape index (κ2) is 10.6. The number of carbonyl (C=O) groups is 3. The van der Waals surface area contributed by atoms with Gasteiger partial charge in [0, 0.05) is 56.3 Å². The van der Waals surface area contributed by atoms with Crippen LogP contribution in [0.4, 0.5) is 0 Å². The zero-order valence-electron chi connectivity index (χ0n) is 20.6. The summed E-state index contributed by atoms with van der Waals surface area (Å²) in [5.74, 6) is 0.0378. The molecule has 34 heavy (non-hydrogen) atoms. The number of hydrogen-bond donors (Lipinski definition) is 1. The minimum absolute atomic E-state index is 0.00688. The van der Waals surface area contributed by atoms with E-state index in [1.807, 2.05) is 55.1 Å². The topological polar surface area (TPSA) is 87.5 Å². The molecule has 1 aromatic heterocycles. The number of rotatable bonds is 6. The lowest BCUT2D eigenvalue weighted by Gasteiger charge is -2.39. The molecule has 1 N–H and O–H groups in total. The van der Waals surface area contributed by atoms with Crippen LogP contribution in [0, 0.1) is 11.8 Å². The van der Waals surface area contributed by atoms with Crippen LogP contribution in [-0.4, -0.2) is 69.5 Å². The second-order valence-electron chi connectivity index (χ2n) is 9.89. The van der Waals surface area contributed by atoms with E-state index in [-0.39, 0.29) is 29.6 Å². The Kier molecular flexibility index (Phi) is 7.54. The molecule has 1 saturated heterocycles. The van der Waals surface area contributed by atoms with Crippen molar-refractivity contribution in [3.8, 4) is 0 Å². The number of benzene rings is 1. The van der Waals surface area contributed by atoms with Crippen molar-refractivity contribution in [2.75, 3.05) is 26.2 Å². The first kappa shape index (κ1) is 24.2. The van der Waals surface area contributed by atoms with E-state index < -0.39 is 6.04 Å². The first-order valence-corrected chi connectivity index (χ1v) is 12.7. The molecule has 2 atom stereocenters. The van der Waals surface area contributed by atoms with Gasteiger partial charge in [-0.1, -0.05) is 33.1 Å². The molecule has 0 bridgehead atoms. The first-order chi connectivity index (χ1) is 16.4. The van der Waals surface area contributed by atoms with E-state index in [0.29, 0.717) is 31.7 Å². The van der Waals surface area contributed by atoms with Crippen molar-refractivity contribution >= 4 is 28.6 Å². The van der Waals surface area contributed by atoms with Crippen LogP contribution in [0.15, 0.2) is 24.4 Å². The van der Waals surface area contributed by atoms with E-state index in [1.165, 1.54) is 6.42 Å². The second-order valence-corrected chi connectivity index (χ2v) is 9.89. The highest BCUT2D eigenvalue weighted by Gasteiger charge is 2.36. The molecule has 1 aliphatic carbocycles. The van der Waals surface area contributed by atoms with Gasteiger partial charge in [-0.05, 0) is 43.4 Å². The zero-order valence-corrected chi connectivity index (χ0v) is 20.6. The van der Waals surface area contributed by atoms with Gasteiger partial charge in [0.05, 0.1) is 5.52 Å². The molecule has 184 valence electrons. The van der Waals surface area contributed by atoms with E-state index in [0.717, 1.165) is 43.0 Å². The number of piperazine rings is 1. The van der Waals surface area contributed by atoms with Crippen molar-refractivity contribution in [3.05, 3.63) is 30.0 Å². The van der Waals surface area contributed by atoms with Gasteiger partial charge in [-0.3, -0.25) is 19.1 Å². The van der Waals surface area contributed by atoms with Gasteiger partial charge in [-0.25, -0.2) is 0 Å². The summed E-state index contributed by atoms with van der Waals surface area (Å²) in [7, 11) is 1.86. The minimum atomic E-state index is -0.461. The van der Waals surface area contributed by atoms with Crippen molar-refractivity contribution in [1.82, 2.24) is 24.9 Å². The van der Waals surface area contributed by atoms with Gasteiger partial charge in [0.1, 0.15) is 6.04 Å². The van der Waals surface area contributed by atoms with Crippen LogP contribution >= 0.6 is 0 Å². The lowest BCUT2D eigenvalue weighted by molar-refractivity contribution is -0.140. The van der Waals surface area contributed by atoms with Gasteiger partial charge >= 0.3 is 0 Å². The number of nitrogens with one attached hydrogen (secondary N) is 1. The fraction of sp³-hybridized carbons (Fsp3) is 0.615. The molecule has 0 radical (unpaired) electrons. The fourth-order valence-corrected chi connectivity index (χ4v) is 5.12. The van der Waals surface area contributed by atoms with Gasteiger partial charge in [-0.2, -0.15) is 5.10 Å². The van der Waals surface area contributed by atoms with Crippen molar-refractivity contribution in [3.63, 3.8) is 0 Å². The zero-order chi connectivity index (χ0) is 24.2. The summed E-state index contributed by atoms with van der Waals surface area (Å²) < 4.78 is 1.74. The Hall–Kier alpha value is -2.90. The van der Waals surface area contributed by atoms with Crippen LogP contribution in [-0.2, 0) is 16.6 Å². The van der Waals surface area contributed by atoms with Crippen LogP contribution in [0.25, 0.3) is 10.9 Å². The fourth-order valence-electron chi connectivity index (χ4n) is 5.12. The van der Waals surface area contributed by atoms with Gasteiger partial charge in [0.25, 0.3) is 5.91 Å². The average Bonchev–Trinajstić information content (AvgIpc) is 3.25. The summed E-state index contributed by atoms with van der Waals surface area (Å²) in [4.78, 5) is 43.0. The molecule has 2 aliphatic rings. The molecule has 1 saturated carbocycles. The quantitative estimate of drug-likeness (QED) is 0.708. The highest BCUT2D eigenvalue weighted by atomic mass is 16.2. The number of carbonyl (C=O) groups excluding carboxylic acids is 3. The van der Waals surface area contributed by atoms with E-state index in [2.05, 4.69) is 10.4 Å². The molecule has 8 heteroatoms. The van der Waals surface area contributed by atoms with Crippen LogP contribution in [0.3, 0.4) is 0 Å². The Labute approximate surface area is 201 Å². The Balaban J connectivity index is 1.40. The Morgan fingerprint density at radius 2 is 1.74 bits per heavy atom. The normalized spacial score (nSPS) is 19.1. The van der Waals surface area contributed by atoms with E-state index in [4.69, 9.17) is 0 Å². The van der Waals surface area contributed by atoms with E-state index in [1.54, 1.807) is 4.68 Å². The third-order valence-electron chi connectivity index (χ3n) is 7.49. The predicted octanol–water partition coefficient (Wildman–Crippen LogP) is 2.97. The molecule has 8 nitrogen and oxygen atoms in total. The maximum absolute atomic E-state index is 13.5. The highest BCUT2D eigenvalue weighted by Crippen LogP contribution is 2.28. The Bertz CT molecular complexity index is 1030. The molecule has 2 aromatic rings. The first-order valence-electron chi connectivity index (χ1n) is 12.7. The summed E-state index contributed by atoms with van der Waals surface area (Å²) >= 11 is 0. The summed E-state index contributed by atoms with van der Waals surface area (Å²) in [6, 6.07) is 5.11. The van der Waals surface area contributed by atoms with Crippen molar-refractivity contribution in [2.24, 2.45) is 18.9 Å². The molecule has 3 amide bonds. The SMILES string of the molecule is CC[C@@H](C)C(=O)N[C@H](C(=O)N1CCN(C(=O)c2ccc3nn(C)cc3c2)CC1)C1CCCCC1. The lowest BCUT2D eigenvalue weighted by Crippen LogP contribution is -2.58. The standard InChI is InChI=1S/C26H37N5O3/c1-4-18(2)24(32)27-23(19-8-6-5-7-9-19)26(34)31-14-12-30(13-15-31)25(33)20-10-11-22-21(16-20)17-29(3)28-22/h10-11,16-19,23H,4-9,12-15H2,1-3H3,(H,27,32)/t18-,23+/m1/s1. The molecule has 2 heterocycles. The molecule has 1 aromatic carbocycles.